The van der Waals surface area contributed by atoms with E-state index in [4.69, 9.17) is 0 Å². The zero-order valence-electron chi connectivity index (χ0n) is 10.5. The Morgan fingerprint density at radius 3 is 1.93 bits per heavy atom. The lowest BCUT2D eigenvalue weighted by atomic mass is 9.93. The maximum atomic E-state index is 2.55. The minimum absolute atomic E-state index is 0.665. The smallest absolute Gasteiger partial charge is 0.0148 e. The molecule has 0 N–H and O–H groups in total. The van der Waals surface area contributed by atoms with Gasteiger partial charge in [-0.1, -0.05) is 46.0 Å². The van der Waals surface area contributed by atoms with E-state index in [9.17, 15) is 0 Å². The van der Waals surface area contributed by atoms with Gasteiger partial charge in [0.1, 0.15) is 0 Å². The van der Waals surface area contributed by atoms with Crippen molar-refractivity contribution in [2.45, 2.75) is 82.4 Å². The SMILES string of the molecule is CC(C)(PC1CCCCC1)C1CCCC1. The predicted molar refractivity (Wildman–Crippen MR) is 71.2 cm³/mol. The van der Waals surface area contributed by atoms with Crippen LogP contribution in [0.2, 0.25) is 0 Å². The van der Waals surface area contributed by atoms with E-state index in [0.717, 1.165) is 11.6 Å². The van der Waals surface area contributed by atoms with Crippen molar-refractivity contribution >= 4 is 8.58 Å². The fourth-order valence-electron chi connectivity index (χ4n) is 3.54. The van der Waals surface area contributed by atoms with Crippen LogP contribution < -0.4 is 0 Å². The molecule has 0 aromatic carbocycles. The lowest BCUT2D eigenvalue weighted by molar-refractivity contribution is 0.423. The largest absolute Gasteiger partial charge is 0.113 e. The molecule has 0 heterocycles. The number of rotatable bonds is 3. The maximum absolute atomic E-state index is 2.55. The summed E-state index contributed by atoms with van der Waals surface area (Å²) >= 11 is 0. The highest BCUT2D eigenvalue weighted by Gasteiger charge is 2.33. The Morgan fingerprint density at radius 2 is 1.33 bits per heavy atom. The van der Waals surface area contributed by atoms with Crippen LogP contribution in [0.15, 0.2) is 0 Å². The van der Waals surface area contributed by atoms with Crippen molar-refractivity contribution in [1.82, 2.24) is 0 Å². The molecule has 0 saturated heterocycles. The Labute approximate surface area is 97.4 Å². The van der Waals surface area contributed by atoms with Gasteiger partial charge < -0.3 is 0 Å². The zero-order valence-corrected chi connectivity index (χ0v) is 11.5. The van der Waals surface area contributed by atoms with E-state index in [-0.39, 0.29) is 0 Å². The van der Waals surface area contributed by atoms with Crippen molar-refractivity contribution in [2.75, 3.05) is 0 Å². The molecule has 88 valence electrons. The third kappa shape index (κ3) is 3.19. The second kappa shape index (κ2) is 5.17. The van der Waals surface area contributed by atoms with Crippen LogP contribution in [-0.2, 0) is 0 Å². The summed E-state index contributed by atoms with van der Waals surface area (Å²) < 4.78 is 0. The molecule has 0 spiro atoms. The first-order valence-electron chi connectivity index (χ1n) is 6.96. The Kier molecular flexibility index (Phi) is 4.10. The van der Waals surface area contributed by atoms with Crippen molar-refractivity contribution in [3.63, 3.8) is 0 Å². The van der Waals surface area contributed by atoms with Gasteiger partial charge in [-0.25, -0.2) is 0 Å². The lowest BCUT2D eigenvalue weighted by Crippen LogP contribution is -2.27. The third-order valence-electron chi connectivity index (χ3n) is 4.56. The third-order valence-corrected chi connectivity index (χ3v) is 6.69. The molecule has 0 aromatic rings. The van der Waals surface area contributed by atoms with Gasteiger partial charge in [-0.05, 0) is 42.4 Å². The summed E-state index contributed by atoms with van der Waals surface area (Å²) in [5, 5.41) is 0.665. The van der Waals surface area contributed by atoms with Gasteiger partial charge in [0.05, 0.1) is 0 Å². The molecular weight excluding hydrogens is 199 g/mol. The fraction of sp³-hybridized carbons (Fsp3) is 1.00. The van der Waals surface area contributed by atoms with Gasteiger partial charge in [0, 0.05) is 0 Å². The van der Waals surface area contributed by atoms with E-state index >= 15 is 0 Å². The molecule has 0 bridgehead atoms. The fourth-order valence-corrected chi connectivity index (χ4v) is 5.81. The highest BCUT2D eigenvalue weighted by molar-refractivity contribution is 7.40. The van der Waals surface area contributed by atoms with E-state index in [1.165, 1.54) is 66.4 Å². The van der Waals surface area contributed by atoms with E-state index < -0.39 is 0 Å². The average Bonchev–Trinajstić information content (AvgIpc) is 2.71. The second-order valence-corrected chi connectivity index (χ2v) is 8.58. The second-order valence-electron chi connectivity index (χ2n) is 6.18. The minimum atomic E-state index is 0.665. The van der Waals surface area contributed by atoms with Gasteiger partial charge in [-0.3, -0.25) is 0 Å². The molecule has 2 aliphatic carbocycles. The van der Waals surface area contributed by atoms with Crippen LogP contribution in [0.4, 0.5) is 0 Å². The molecule has 0 aromatic heterocycles. The zero-order chi connectivity index (χ0) is 10.7. The Hall–Kier alpha value is 0.430. The van der Waals surface area contributed by atoms with Crippen LogP contribution in [0, 0.1) is 5.92 Å². The molecule has 2 rings (SSSR count). The number of hydrogen-bond acceptors (Lipinski definition) is 0. The van der Waals surface area contributed by atoms with Gasteiger partial charge in [0.15, 0.2) is 0 Å². The highest BCUT2D eigenvalue weighted by Crippen LogP contribution is 2.50. The minimum Gasteiger partial charge on any atom is -0.113 e. The summed E-state index contributed by atoms with van der Waals surface area (Å²) in [6.45, 7) is 5.10. The topological polar surface area (TPSA) is 0 Å². The van der Waals surface area contributed by atoms with Crippen molar-refractivity contribution in [2.24, 2.45) is 5.92 Å². The van der Waals surface area contributed by atoms with Gasteiger partial charge in [-0.15, -0.1) is 8.58 Å². The molecule has 0 nitrogen and oxygen atoms in total. The Morgan fingerprint density at radius 1 is 0.800 bits per heavy atom. The molecule has 2 aliphatic rings. The van der Waals surface area contributed by atoms with Gasteiger partial charge in [-0.2, -0.15) is 0 Å². The lowest BCUT2D eigenvalue weighted by Gasteiger charge is -2.36. The predicted octanol–water partition coefficient (Wildman–Crippen LogP) is 4.97. The molecular formula is C14H27P. The van der Waals surface area contributed by atoms with E-state index in [0.29, 0.717) is 5.16 Å². The quantitative estimate of drug-likeness (QED) is 0.596. The summed E-state index contributed by atoms with van der Waals surface area (Å²) in [5.41, 5.74) is 1.09. The summed E-state index contributed by atoms with van der Waals surface area (Å²) in [6.07, 6.45) is 13.6. The van der Waals surface area contributed by atoms with Crippen molar-refractivity contribution < 1.29 is 0 Å². The monoisotopic (exact) mass is 226 g/mol. The standard InChI is InChI=1S/C14H27P/c1-14(2,12-8-6-7-9-12)15-13-10-4-3-5-11-13/h12-13,15H,3-11H2,1-2H3. The first kappa shape index (κ1) is 11.9. The summed E-state index contributed by atoms with van der Waals surface area (Å²) in [7, 11) is 1.24. The van der Waals surface area contributed by atoms with Crippen molar-refractivity contribution in [3.8, 4) is 0 Å². The van der Waals surface area contributed by atoms with E-state index in [1.54, 1.807) is 0 Å². The van der Waals surface area contributed by atoms with Crippen molar-refractivity contribution in [3.05, 3.63) is 0 Å². The van der Waals surface area contributed by atoms with Gasteiger partial charge in [0.2, 0.25) is 0 Å². The molecule has 2 fully saturated rings. The van der Waals surface area contributed by atoms with Gasteiger partial charge >= 0.3 is 0 Å². The van der Waals surface area contributed by atoms with Crippen LogP contribution in [0.3, 0.4) is 0 Å². The van der Waals surface area contributed by atoms with Crippen LogP contribution in [-0.4, -0.2) is 10.8 Å². The van der Waals surface area contributed by atoms with Crippen LogP contribution in [0.1, 0.15) is 71.6 Å². The normalized spacial score (nSPS) is 26.8. The van der Waals surface area contributed by atoms with E-state index in [1.807, 2.05) is 0 Å². The maximum Gasteiger partial charge on any atom is -0.0148 e. The molecule has 1 atom stereocenters. The van der Waals surface area contributed by atoms with Crippen LogP contribution in [0.5, 0.6) is 0 Å². The van der Waals surface area contributed by atoms with Crippen molar-refractivity contribution in [1.29, 1.82) is 0 Å². The molecule has 1 unspecified atom stereocenters. The van der Waals surface area contributed by atoms with Crippen LogP contribution >= 0.6 is 8.58 Å². The summed E-state index contributed by atoms with van der Waals surface area (Å²) in [4.78, 5) is 0. The van der Waals surface area contributed by atoms with Crippen LogP contribution in [0.25, 0.3) is 0 Å². The summed E-state index contributed by atoms with van der Waals surface area (Å²) in [5.74, 6) is 1.05. The number of hydrogen-bond donors (Lipinski definition) is 0. The molecule has 0 aliphatic heterocycles. The average molecular weight is 226 g/mol. The summed E-state index contributed by atoms with van der Waals surface area (Å²) in [6, 6.07) is 0. The van der Waals surface area contributed by atoms with Gasteiger partial charge in [0.25, 0.3) is 0 Å². The Bertz CT molecular complexity index is 186. The molecule has 1 heteroatoms. The highest BCUT2D eigenvalue weighted by atomic mass is 31.1. The van der Waals surface area contributed by atoms with E-state index in [2.05, 4.69) is 13.8 Å². The molecule has 15 heavy (non-hydrogen) atoms. The molecule has 0 amide bonds. The molecule has 0 radical (unpaired) electrons. The first-order chi connectivity index (χ1) is 7.18. The first-order valence-corrected chi connectivity index (χ1v) is 8.04. The molecule has 2 saturated carbocycles. The Balaban J connectivity index is 1.84.